The Kier molecular flexibility index (Phi) is 4.92. The van der Waals surface area contributed by atoms with Gasteiger partial charge in [0, 0.05) is 5.02 Å². The van der Waals surface area contributed by atoms with E-state index in [1.807, 2.05) is 43.3 Å². The van der Waals surface area contributed by atoms with Gasteiger partial charge in [0.15, 0.2) is 5.56 Å². The molecule has 2 N–H and O–H groups in total. The maximum atomic E-state index is 9.39. The van der Waals surface area contributed by atoms with E-state index in [0.29, 0.717) is 17.4 Å². The van der Waals surface area contributed by atoms with E-state index in [0.717, 1.165) is 16.7 Å². The van der Waals surface area contributed by atoms with Crippen molar-refractivity contribution in [3.8, 4) is 11.9 Å². The Morgan fingerprint density at radius 3 is 2.76 bits per heavy atom. The molecule has 6 heteroatoms. The van der Waals surface area contributed by atoms with Gasteiger partial charge in [-0.05, 0) is 35.7 Å². The lowest BCUT2D eigenvalue weighted by molar-refractivity contribution is 0.289. The first-order valence-electron chi connectivity index (χ1n) is 7.76. The fourth-order valence-electron chi connectivity index (χ4n) is 2.51. The molecule has 0 aliphatic rings. The molecule has 0 amide bonds. The lowest BCUT2D eigenvalue weighted by Gasteiger charge is -2.07. The number of nitriles is 1. The second kappa shape index (κ2) is 7.29. The lowest BCUT2D eigenvalue weighted by atomic mass is 10.1. The zero-order valence-electron chi connectivity index (χ0n) is 13.7. The van der Waals surface area contributed by atoms with Gasteiger partial charge in [-0.2, -0.15) is 5.26 Å². The van der Waals surface area contributed by atoms with E-state index < -0.39 is 0 Å². The van der Waals surface area contributed by atoms with Gasteiger partial charge >= 0.3 is 0 Å². The smallest absolute Gasteiger partial charge is 0.253 e. The van der Waals surface area contributed by atoms with Crippen LogP contribution in [-0.2, 0) is 13.2 Å². The summed E-state index contributed by atoms with van der Waals surface area (Å²) in [4.78, 5) is 0. The van der Waals surface area contributed by atoms with Crippen LogP contribution in [0.2, 0.25) is 5.02 Å². The number of halogens is 1. The number of nitrogens with two attached hydrogens (primary N) is 1. The molecule has 0 unspecified atom stereocenters. The molecule has 1 heterocycles. The standard InChI is InChI=1S/C19H17ClN4O/c1-13-5-2-3-7-15(13)11-24-18(22)17(10-21)19(23-24)25-12-14-6-4-8-16(20)9-14/h2-9H,11-12,22H2,1H3. The summed E-state index contributed by atoms with van der Waals surface area (Å²) < 4.78 is 7.30. The second-order valence-corrected chi connectivity index (χ2v) is 6.12. The van der Waals surface area contributed by atoms with E-state index in [-0.39, 0.29) is 18.1 Å². The molecule has 0 bridgehead atoms. The van der Waals surface area contributed by atoms with Crippen molar-refractivity contribution < 1.29 is 4.74 Å². The zero-order chi connectivity index (χ0) is 17.8. The molecule has 1 aromatic heterocycles. The molecule has 5 nitrogen and oxygen atoms in total. The molecule has 0 radical (unpaired) electrons. The Hall–Kier alpha value is -2.97. The Labute approximate surface area is 151 Å². The molecule has 0 spiro atoms. The number of anilines is 1. The van der Waals surface area contributed by atoms with Gasteiger partial charge in [0.05, 0.1) is 6.54 Å². The number of aromatic nitrogens is 2. The van der Waals surface area contributed by atoms with Crippen molar-refractivity contribution >= 4 is 17.4 Å². The van der Waals surface area contributed by atoms with Crippen molar-refractivity contribution in [1.29, 1.82) is 5.26 Å². The largest absolute Gasteiger partial charge is 0.471 e. The van der Waals surface area contributed by atoms with Gasteiger partial charge in [-0.3, -0.25) is 0 Å². The number of aryl methyl sites for hydroxylation is 1. The van der Waals surface area contributed by atoms with Crippen molar-refractivity contribution in [3.05, 3.63) is 75.8 Å². The molecule has 3 aromatic rings. The molecule has 0 fully saturated rings. The summed E-state index contributed by atoms with van der Waals surface area (Å²) in [6.45, 7) is 2.76. The normalized spacial score (nSPS) is 10.4. The van der Waals surface area contributed by atoms with Crippen LogP contribution in [0.1, 0.15) is 22.3 Å². The van der Waals surface area contributed by atoms with Gasteiger partial charge < -0.3 is 10.5 Å². The summed E-state index contributed by atoms with van der Waals surface area (Å²) in [6.07, 6.45) is 0. The Morgan fingerprint density at radius 2 is 2.04 bits per heavy atom. The molecule has 0 saturated carbocycles. The molecule has 126 valence electrons. The first-order chi connectivity index (χ1) is 12.1. The topological polar surface area (TPSA) is 76.9 Å². The van der Waals surface area contributed by atoms with Crippen LogP contribution in [0, 0.1) is 18.3 Å². The molecule has 3 rings (SSSR count). The Balaban J connectivity index is 1.83. The quantitative estimate of drug-likeness (QED) is 0.754. The summed E-state index contributed by atoms with van der Waals surface area (Å²) in [5.74, 6) is 0.528. The van der Waals surface area contributed by atoms with Crippen molar-refractivity contribution in [3.63, 3.8) is 0 Å². The minimum absolute atomic E-state index is 0.230. The van der Waals surface area contributed by atoms with Crippen LogP contribution in [-0.4, -0.2) is 9.78 Å². The highest BCUT2D eigenvalue weighted by Crippen LogP contribution is 2.25. The van der Waals surface area contributed by atoms with Crippen LogP contribution in [0.15, 0.2) is 48.5 Å². The van der Waals surface area contributed by atoms with Gasteiger partial charge in [0.1, 0.15) is 18.5 Å². The molecule has 25 heavy (non-hydrogen) atoms. The average Bonchev–Trinajstić information content (AvgIpc) is 2.90. The van der Waals surface area contributed by atoms with Gasteiger partial charge in [0.2, 0.25) is 0 Å². The molecular formula is C19H17ClN4O. The van der Waals surface area contributed by atoms with Crippen LogP contribution < -0.4 is 10.5 Å². The minimum Gasteiger partial charge on any atom is -0.471 e. The predicted molar refractivity (Wildman–Crippen MR) is 97.4 cm³/mol. The number of hydrogen-bond acceptors (Lipinski definition) is 4. The first-order valence-corrected chi connectivity index (χ1v) is 8.14. The predicted octanol–water partition coefficient (Wildman–Crippen LogP) is 3.93. The van der Waals surface area contributed by atoms with E-state index in [9.17, 15) is 5.26 Å². The van der Waals surface area contributed by atoms with E-state index in [4.69, 9.17) is 22.1 Å². The van der Waals surface area contributed by atoms with Gasteiger partial charge in [0.25, 0.3) is 5.88 Å². The van der Waals surface area contributed by atoms with Crippen molar-refractivity contribution in [2.45, 2.75) is 20.1 Å². The molecular weight excluding hydrogens is 336 g/mol. The fraction of sp³-hybridized carbons (Fsp3) is 0.158. The third-order valence-corrected chi connectivity index (χ3v) is 4.15. The number of ether oxygens (including phenoxy) is 1. The van der Waals surface area contributed by atoms with E-state index in [1.54, 1.807) is 16.8 Å². The third-order valence-electron chi connectivity index (χ3n) is 3.92. The highest BCUT2D eigenvalue weighted by atomic mass is 35.5. The maximum Gasteiger partial charge on any atom is 0.253 e. The van der Waals surface area contributed by atoms with Crippen molar-refractivity contribution in [2.24, 2.45) is 0 Å². The minimum atomic E-state index is 0.230. The highest BCUT2D eigenvalue weighted by Gasteiger charge is 2.17. The molecule has 0 aliphatic heterocycles. The van der Waals surface area contributed by atoms with E-state index in [2.05, 4.69) is 11.2 Å². The van der Waals surface area contributed by atoms with Crippen molar-refractivity contribution in [2.75, 3.05) is 5.73 Å². The summed E-state index contributed by atoms with van der Waals surface area (Å²) in [5.41, 5.74) is 9.44. The van der Waals surface area contributed by atoms with E-state index >= 15 is 0 Å². The summed E-state index contributed by atoms with van der Waals surface area (Å²) in [7, 11) is 0. The third kappa shape index (κ3) is 3.76. The summed E-state index contributed by atoms with van der Waals surface area (Å²) in [5, 5.41) is 14.4. The molecule has 0 aliphatic carbocycles. The van der Waals surface area contributed by atoms with Crippen LogP contribution in [0.5, 0.6) is 5.88 Å². The van der Waals surface area contributed by atoms with E-state index in [1.165, 1.54) is 0 Å². The fourth-order valence-corrected chi connectivity index (χ4v) is 2.72. The first kappa shape index (κ1) is 16.9. The SMILES string of the molecule is Cc1ccccc1Cn1nc(OCc2cccc(Cl)c2)c(C#N)c1N. The monoisotopic (exact) mass is 352 g/mol. The van der Waals surface area contributed by atoms with Gasteiger partial charge in [-0.15, -0.1) is 5.10 Å². The maximum absolute atomic E-state index is 9.39. The lowest BCUT2D eigenvalue weighted by Crippen LogP contribution is -2.07. The highest BCUT2D eigenvalue weighted by molar-refractivity contribution is 6.30. The number of benzene rings is 2. The van der Waals surface area contributed by atoms with Crippen LogP contribution in [0.4, 0.5) is 5.82 Å². The number of nitrogen functional groups attached to an aromatic ring is 1. The molecule has 0 saturated heterocycles. The van der Waals surface area contributed by atoms with Gasteiger partial charge in [-0.25, -0.2) is 4.68 Å². The average molecular weight is 353 g/mol. The number of rotatable bonds is 5. The number of nitrogens with zero attached hydrogens (tertiary/aromatic N) is 3. The number of hydrogen-bond donors (Lipinski definition) is 1. The van der Waals surface area contributed by atoms with Crippen LogP contribution in [0.25, 0.3) is 0 Å². The Bertz CT molecular complexity index is 943. The van der Waals surface area contributed by atoms with Crippen LogP contribution in [0.3, 0.4) is 0 Å². The molecule has 0 atom stereocenters. The van der Waals surface area contributed by atoms with Gasteiger partial charge in [-0.1, -0.05) is 48.0 Å². The molecule has 2 aromatic carbocycles. The van der Waals surface area contributed by atoms with Crippen LogP contribution >= 0.6 is 11.6 Å². The summed E-state index contributed by atoms with van der Waals surface area (Å²) in [6, 6.07) is 17.4. The summed E-state index contributed by atoms with van der Waals surface area (Å²) >= 11 is 5.97. The zero-order valence-corrected chi connectivity index (χ0v) is 14.5. The van der Waals surface area contributed by atoms with Crippen molar-refractivity contribution in [1.82, 2.24) is 9.78 Å². The second-order valence-electron chi connectivity index (χ2n) is 5.68. The Morgan fingerprint density at radius 1 is 1.24 bits per heavy atom.